The van der Waals surface area contributed by atoms with Crippen molar-refractivity contribution in [2.75, 3.05) is 4.90 Å². The normalized spacial score (nSPS) is 11.6. The van der Waals surface area contributed by atoms with E-state index in [-0.39, 0.29) is 0 Å². The molecule has 45 heavy (non-hydrogen) atoms. The van der Waals surface area contributed by atoms with Crippen LogP contribution in [0.5, 0.6) is 0 Å². The SMILES string of the molecule is c1ccc(N(c2ccccc2)c2ccc(-n3c4ccccc4c4ccc(-c5cccc6c5oc5ccccc56)cc43)cc2)cc1. The smallest absolute Gasteiger partial charge is 0.143 e. The molecule has 3 heteroatoms. The molecule has 0 unspecified atom stereocenters. The summed E-state index contributed by atoms with van der Waals surface area (Å²) in [5, 5.41) is 4.75. The molecule has 212 valence electrons. The molecule has 0 saturated carbocycles. The van der Waals surface area contributed by atoms with Crippen molar-refractivity contribution in [3.8, 4) is 16.8 Å². The van der Waals surface area contributed by atoms with Crippen LogP contribution in [0.3, 0.4) is 0 Å². The first-order valence-electron chi connectivity index (χ1n) is 15.3. The molecule has 2 heterocycles. The van der Waals surface area contributed by atoms with Crippen LogP contribution in [0.1, 0.15) is 0 Å². The Bertz CT molecular complexity index is 2430. The van der Waals surface area contributed by atoms with Crippen molar-refractivity contribution in [3.63, 3.8) is 0 Å². The van der Waals surface area contributed by atoms with Gasteiger partial charge in [-0.2, -0.15) is 0 Å². The predicted molar refractivity (Wildman–Crippen MR) is 188 cm³/mol. The Morgan fingerprint density at radius 3 is 1.78 bits per heavy atom. The molecule has 0 N–H and O–H groups in total. The third kappa shape index (κ3) is 4.13. The van der Waals surface area contributed by atoms with Crippen molar-refractivity contribution in [2.45, 2.75) is 0 Å². The molecule has 0 bridgehead atoms. The minimum Gasteiger partial charge on any atom is -0.455 e. The molecule has 9 rings (SSSR count). The fourth-order valence-electron chi connectivity index (χ4n) is 6.74. The summed E-state index contributed by atoms with van der Waals surface area (Å²) in [5.41, 5.74) is 10.9. The topological polar surface area (TPSA) is 21.3 Å². The second kappa shape index (κ2) is 10.3. The van der Waals surface area contributed by atoms with E-state index in [1.807, 2.05) is 12.1 Å². The molecule has 0 aliphatic heterocycles. The van der Waals surface area contributed by atoms with Crippen LogP contribution >= 0.6 is 0 Å². The van der Waals surface area contributed by atoms with Crippen molar-refractivity contribution >= 4 is 60.8 Å². The van der Waals surface area contributed by atoms with Gasteiger partial charge in [-0.25, -0.2) is 0 Å². The number of anilines is 3. The summed E-state index contributed by atoms with van der Waals surface area (Å²) in [5.74, 6) is 0. The third-order valence-corrected chi connectivity index (χ3v) is 8.78. The predicted octanol–water partition coefficient (Wildman–Crippen LogP) is 11.8. The van der Waals surface area contributed by atoms with Gasteiger partial charge in [-0.1, -0.05) is 103 Å². The number of para-hydroxylation sites is 5. The Morgan fingerprint density at radius 2 is 1.02 bits per heavy atom. The molecule has 3 nitrogen and oxygen atoms in total. The van der Waals surface area contributed by atoms with E-state index in [4.69, 9.17) is 4.42 Å². The summed E-state index contributed by atoms with van der Waals surface area (Å²) in [4.78, 5) is 2.29. The second-order valence-corrected chi connectivity index (χ2v) is 11.4. The molecule has 0 saturated heterocycles. The standard InChI is InChI=1S/C42H28N2O/c1-3-12-30(13-4-1)43(31-14-5-2-6-15-31)32-23-25-33(26-24-32)44-39-20-9-7-16-35(39)36-27-22-29(28-40(36)44)34-18-11-19-38-37-17-8-10-21-41(37)45-42(34)38/h1-28H. The van der Waals surface area contributed by atoms with E-state index in [2.05, 4.69) is 167 Å². The number of fused-ring (bicyclic) bond motifs is 6. The van der Waals surface area contributed by atoms with E-state index in [0.717, 1.165) is 61.3 Å². The first kappa shape index (κ1) is 25.4. The van der Waals surface area contributed by atoms with Gasteiger partial charge in [0.05, 0.1) is 11.0 Å². The molecular formula is C42H28N2O. The fraction of sp³-hybridized carbons (Fsp3) is 0. The zero-order valence-electron chi connectivity index (χ0n) is 24.5. The Labute approximate surface area is 260 Å². The lowest BCUT2D eigenvalue weighted by molar-refractivity contribution is 0.670. The van der Waals surface area contributed by atoms with Crippen LogP contribution in [0, 0.1) is 0 Å². The highest BCUT2D eigenvalue weighted by Crippen LogP contribution is 2.40. The fourth-order valence-corrected chi connectivity index (χ4v) is 6.74. The zero-order valence-corrected chi connectivity index (χ0v) is 24.5. The highest BCUT2D eigenvalue weighted by atomic mass is 16.3. The molecular weight excluding hydrogens is 548 g/mol. The molecule has 0 radical (unpaired) electrons. The number of furan rings is 1. The molecule has 2 aromatic heterocycles. The lowest BCUT2D eigenvalue weighted by atomic mass is 10.0. The maximum absolute atomic E-state index is 6.42. The number of hydrogen-bond donors (Lipinski definition) is 0. The summed E-state index contributed by atoms with van der Waals surface area (Å²) in [6.07, 6.45) is 0. The van der Waals surface area contributed by atoms with Gasteiger partial charge in [0.2, 0.25) is 0 Å². The van der Waals surface area contributed by atoms with Crippen LogP contribution in [0.25, 0.3) is 60.6 Å². The van der Waals surface area contributed by atoms with E-state index in [9.17, 15) is 0 Å². The lowest BCUT2D eigenvalue weighted by Gasteiger charge is -2.25. The highest BCUT2D eigenvalue weighted by molar-refractivity contribution is 6.12. The molecule has 0 atom stereocenters. The van der Waals surface area contributed by atoms with E-state index < -0.39 is 0 Å². The summed E-state index contributed by atoms with van der Waals surface area (Å²) < 4.78 is 8.80. The Kier molecular flexibility index (Phi) is 5.82. The zero-order chi connectivity index (χ0) is 29.7. The summed E-state index contributed by atoms with van der Waals surface area (Å²) in [6.45, 7) is 0. The lowest BCUT2D eigenvalue weighted by Crippen LogP contribution is -2.09. The number of rotatable bonds is 5. The summed E-state index contributed by atoms with van der Waals surface area (Å²) in [6, 6.07) is 60.1. The van der Waals surface area contributed by atoms with Crippen LogP contribution in [-0.4, -0.2) is 4.57 Å². The first-order valence-corrected chi connectivity index (χ1v) is 15.3. The first-order chi connectivity index (χ1) is 22.3. The van der Waals surface area contributed by atoms with Crippen molar-refractivity contribution in [1.29, 1.82) is 0 Å². The van der Waals surface area contributed by atoms with Crippen LogP contribution in [-0.2, 0) is 0 Å². The Morgan fingerprint density at radius 1 is 0.422 bits per heavy atom. The second-order valence-electron chi connectivity index (χ2n) is 11.4. The largest absolute Gasteiger partial charge is 0.455 e. The highest BCUT2D eigenvalue weighted by Gasteiger charge is 2.17. The average Bonchev–Trinajstić information content (AvgIpc) is 3.65. The van der Waals surface area contributed by atoms with Gasteiger partial charge in [0, 0.05) is 49.9 Å². The molecule has 0 aliphatic rings. The van der Waals surface area contributed by atoms with Gasteiger partial charge in [-0.05, 0) is 72.3 Å². The number of nitrogens with zero attached hydrogens (tertiary/aromatic N) is 2. The van der Waals surface area contributed by atoms with Gasteiger partial charge < -0.3 is 13.9 Å². The number of hydrogen-bond acceptors (Lipinski definition) is 2. The number of aromatic nitrogens is 1. The average molecular weight is 577 g/mol. The maximum atomic E-state index is 6.42. The van der Waals surface area contributed by atoms with Crippen molar-refractivity contribution < 1.29 is 4.42 Å². The molecule has 7 aromatic carbocycles. The van der Waals surface area contributed by atoms with Gasteiger partial charge in [0.25, 0.3) is 0 Å². The quantitative estimate of drug-likeness (QED) is 0.203. The van der Waals surface area contributed by atoms with Crippen LogP contribution in [0.15, 0.2) is 174 Å². The van der Waals surface area contributed by atoms with E-state index >= 15 is 0 Å². The van der Waals surface area contributed by atoms with Crippen molar-refractivity contribution in [1.82, 2.24) is 4.57 Å². The van der Waals surface area contributed by atoms with Gasteiger partial charge in [0.15, 0.2) is 0 Å². The van der Waals surface area contributed by atoms with E-state index in [1.54, 1.807) is 0 Å². The van der Waals surface area contributed by atoms with E-state index in [1.165, 1.54) is 16.3 Å². The van der Waals surface area contributed by atoms with Crippen LogP contribution < -0.4 is 4.90 Å². The Balaban J connectivity index is 1.21. The third-order valence-electron chi connectivity index (χ3n) is 8.78. The van der Waals surface area contributed by atoms with Crippen LogP contribution in [0.4, 0.5) is 17.1 Å². The minimum atomic E-state index is 0.912. The van der Waals surface area contributed by atoms with Gasteiger partial charge in [-0.15, -0.1) is 0 Å². The summed E-state index contributed by atoms with van der Waals surface area (Å²) in [7, 11) is 0. The monoisotopic (exact) mass is 576 g/mol. The molecule has 0 aliphatic carbocycles. The maximum Gasteiger partial charge on any atom is 0.143 e. The van der Waals surface area contributed by atoms with Crippen molar-refractivity contribution in [3.05, 3.63) is 170 Å². The minimum absolute atomic E-state index is 0.912. The Hall–Kier alpha value is -6.06. The van der Waals surface area contributed by atoms with Gasteiger partial charge in [-0.3, -0.25) is 0 Å². The molecule has 0 amide bonds. The van der Waals surface area contributed by atoms with Gasteiger partial charge in [0.1, 0.15) is 11.2 Å². The molecule has 0 spiro atoms. The van der Waals surface area contributed by atoms with Crippen LogP contribution in [0.2, 0.25) is 0 Å². The van der Waals surface area contributed by atoms with E-state index in [0.29, 0.717) is 0 Å². The molecule has 0 fully saturated rings. The van der Waals surface area contributed by atoms with Gasteiger partial charge >= 0.3 is 0 Å². The molecule has 9 aromatic rings. The number of benzene rings is 7. The van der Waals surface area contributed by atoms with Crippen molar-refractivity contribution in [2.24, 2.45) is 0 Å². The summed E-state index contributed by atoms with van der Waals surface area (Å²) >= 11 is 0.